The maximum atomic E-state index is 12.4. The van der Waals surface area contributed by atoms with Crippen molar-refractivity contribution in [1.82, 2.24) is 0 Å². The van der Waals surface area contributed by atoms with Crippen molar-refractivity contribution >= 4 is 66.9 Å². The number of benzene rings is 2. The van der Waals surface area contributed by atoms with Gasteiger partial charge in [0.25, 0.3) is 20.2 Å². The van der Waals surface area contributed by atoms with Crippen LogP contribution < -0.4 is 0 Å². The van der Waals surface area contributed by atoms with E-state index in [0.717, 1.165) is 12.5 Å². The molecule has 0 atom stereocenters. The molecule has 1 N–H and O–H groups in total. The van der Waals surface area contributed by atoms with Gasteiger partial charge in [0.2, 0.25) is 0 Å². The van der Waals surface area contributed by atoms with Crippen LogP contribution in [-0.2, 0) is 24.4 Å². The number of unbranched alkanes of at least 4 members (excludes halogenated alkanes) is 1. The Morgan fingerprint density at radius 3 is 2.20 bits per heavy atom. The summed E-state index contributed by atoms with van der Waals surface area (Å²) in [5.41, 5.74) is -0.305. The second-order valence-corrected chi connectivity index (χ2v) is 8.03. The molecule has 0 spiro atoms. The predicted octanol–water partition coefficient (Wildman–Crippen LogP) is 1.76. The number of hydrogen-bond donors (Lipinski definition) is 1. The molecule has 0 aromatic heterocycles. The van der Waals surface area contributed by atoms with Gasteiger partial charge in [-0.2, -0.15) is 16.8 Å². The molecule has 10 heteroatoms. The van der Waals surface area contributed by atoms with Crippen LogP contribution in [-0.4, -0.2) is 63.8 Å². The van der Waals surface area contributed by atoms with Gasteiger partial charge < -0.3 is 0 Å². The van der Waals surface area contributed by atoms with E-state index in [-0.39, 0.29) is 58.8 Å². The van der Waals surface area contributed by atoms with Crippen molar-refractivity contribution in [3.05, 3.63) is 35.9 Å². The van der Waals surface area contributed by atoms with Crippen LogP contribution in [0.2, 0.25) is 0 Å². The average molecular weight is 396 g/mol. The second-order valence-electron chi connectivity index (χ2n) is 5.05. The van der Waals surface area contributed by atoms with Gasteiger partial charge in [0.1, 0.15) is 9.79 Å². The zero-order chi connectivity index (χ0) is 18.0. The summed E-state index contributed by atoms with van der Waals surface area (Å²) in [7, 11) is -9.05. The van der Waals surface area contributed by atoms with Crippen molar-refractivity contribution < 1.29 is 30.4 Å². The van der Waals surface area contributed by atoms with E-state index >= 15 is 0 Å². The number of carbonyl (C=O) groups is 1. The quantitative estimate of drug-likeness (QED) is 0.249. The van der Waals surface area contributed by atoms with Crippen molar-refractivity contribution in [3.63, 3.8) is 0 Å². The molecule has 0 radical (unpaired) electrons. The van der Waals surface area contributed by atoms with E-state index in [1.807, 2.05) is 6.92 Å². The van der Waals surface area contributed by atoms with Gasteiger partial charge in [0, 0.05) is 10.9 Å². The fourth-order valence-electron chi connectivity index (χ4n) is 2.26. The van der Waals surface area contributed by atoms with E-state index in [2.05, 4.69) is 0 Å². The Bertz CT molecular complexity index is 982. The second kappa shape index (κ2) is 8.72. The van der Waals surface area contributed by atoms with Gasteiger partial charge in [-0.05, 0) is 17.9 Å². The molecule has 2 aromatic rings. The minimum absolute atomic E-state index is 0. The molecule has 2 aromatic carbocycles. The van der Waals surface area contributed by atoms with Crippen molar-refractivity contribution in [3.8, 4) is 0 Å². The van der Waals surface area contributed by atoms with Crippen LogP contribution in [0.5, 0.6) is 0 Å². The monoisotopic (exact) mass is 396 g/mol. The number of rotatable bonds is 7. The summed E-state index contributed by atoms with van der Waals surface area (Å²) in [6.45, 7) is 1.81. The number of carbonyl (C=O) groups excluding carboxylic acids is 1. The van der Waals surface area contributed by atoms with Gasteiger partial charge in [0.15, 0.2) is 6.29 Å². The molecular weight excluding hydrogens is 379 g/mol. The van der Waals surface area contributed by atoms with Gasteiger partial charge in [0.05, 0.1) is 6.61 Å². The zero-order valence-electron chi connectivity index (χ0n) is 12.8. The molecule has 0 heterocycles. The molecule has 7 nitrogen and oxygen atoms in total. The molecule has 0 fully saturated rings. The van der Waals surface area contributed by atoms with Crippen molar-refractivity contribution in [2.75, 3.05) is 6.61 Å². The van der Waals surface area contributed by atoms with Gasteiger partial charge in [-0.1, -0.05) is 37.6 Å². The maximum absolute atomic E-state index is 12.4. The Hall–Kier alpha value is -0.810. The van der Waals surface area contributed by atoms with Gasteiger partial charge in [-0.25, -0.2) is 0 Å². The first kappa shape index (κ1) is 22.2. The molecule has 25 heavy (non-hydrogen) atoms. The SMILES string of the molecule is CCCCOS(=O)(=O)c1cc(S(=O)(=O)O)c(C=O)c2ccccc12.[NaH]. The standard InChI is InChI=1S/C15H16O7S2.Na.H/c1-2-3-8-22-24(20,21)15-9-14(23(17,18)19)13(10-16)11-6-4-5-7-12(11)15;;/h4-7,9-10H,2-3,8H2,1H3,(H,17,18,19);;. The van der Waals surface area contributed by atoms with Crippen LogP contribution in [0.3, 0.4) is 0 Å². The molecule has 0 aliphatic heterocycles. The number of fused-ring (bicyclic) bond motifs is 1. The molecule has 0 unspecified atom stereocenters. The molecule has 0 bridgehead atoms. The van der Waals surface area contributed by atoms with E-state index in [4.69, 9.17) is 4.18 Å². The predicted molar refractivity (Wildman–Crippen MR) is 94.3 cm³/mol. The number of hydrogen-bond acceptors (Lipinski definition) is 6. The summed E-state index contributed by atoms with van der Waals surface area (Å²) in [5, 5.41) is 0.240. The third-order valence-corrected chi connectivity index (χ3v) is 5.66. The Kier molecular flexibility index (Phi) is 7.75. The summed E-state index contributed by atoms with van der Waals surface area (Å²) < 4.78 is 62.2. The number of aldehydes is 1. The Balaban J connectivity index is 0.00000312. The minimum atomic E-state index is -4.80. The van der Waals surface area contributed by atoms with E-state index < -0.39 is 30.0 Å². The molecule has 0 aliphatic rings. The van der Waals surface area contributed by atoms with Crippen LogP contribution in [0, 0.1) is 0 Å². The average Bonchev–Trinajstić information content (AvgIpc) is 2.52. The Morgan fingerprint density at radius 1 is 1.08 bits per heavy atom. The fourth-order valence-corrected chi connectivity index (χ4v) is 4.21. The van der Waals surface area contributed by atoms with E-state index in [9.17, 15) is 26.2 Å². The van der Waals surface area contributed by atoms with Crippen LogP contribution >= 0.6 is 0 Å². The summed E-state index contributed by atoms with van der Waals surface area (Å²) in [6, 6.07) is 6.67. The van der Waals surface area contributed by atoms with E-state index in [1.165, 1.54) is 18.2 Å². The van der Waals surface area contributed by atoms with Gasteiger partial charge in [-0.3, -0.25) is 13.5 Å². The summed E-state index contributed by atoms with van der Waals surface area (Å²) in [5.74, 6) is 0. The normalized spacial score (nSPS) is 11.9. The molecule has 0 saturated carbocycles. The Morgan fingerprint density at radius 2 is 1.68 bits per heavy atom. The summed E-state index contributed by atoms with van der Waals surface area (Å²) >= 11 is 0. The van der Waals surface area contributed by atoms with Crippen LogP contribution in [0.4, 0.5) is 0 Å². The third kappa shape index (κ3) is 4.88. The first-order valence-electron chi connectivity index (χ1n) is 7.10. The van der Waals surface area contributed by atoms with E-state index in [0.29, 0.717) is 6.42 Å². The first-order chi connectivity index (χ1) is 11.2. The van der Waals surface area contributed by atoms with Gasteiger partial charge in [-0.15, -0.1) is 0 Å². The molecule has 132 valence electrons. The summed E-state index contributed by atoms with van der Waals surface area (Å²) in [6.07, 6.45) is 1.49. The molecule has 0 amide bonds. The van der Waals surface area contributed by atoms with Crippen LogP contribution in [0.25, 0.3) is 10.8 Å². The van der Waals surface area contributed by atoms with E-state index in [1.54, 1.807) is 6.07 Å². The third-order valence-electron chi connectivity index (χ3n) is 3.41. The summed E-state index contributed by atoms with van der Waals surface area (Å²) in [4.78, 5) is 10.1. The molecular formula is C15H17NaO7S2. The van der Waals surface area contributed by atoms with Crippen molar-refractivity contribution in [2.24, 2.45) is 0 Å². The van der Waals surface area contributed by atoms with Gasteiger partial charge >= 0.3 is 29.6 Å². The molecule has 2 rings (SSSR count). The molecule has 0 saturated heterocycles. The topological polar surface area (TPSA) is 115 Å². The first-order valence-corrected chi connectivity index (χ1v) is 9.95. The van der Waals surface area contributed by atoms with Crippen molar-refractivity contribution in [2.45, 2.75) is 29.6 Å². The fraction of sp³-hybridized carbons (Fsp3) is 0.267. The molecule has 0 aliphatic carbocycles. The zero-order valence-corrected chi connectivity index (χ0v) is 14.4. The van der Waals surface area contributed by atoms with Crippen LogP contribution in [0.1, 0.15) is 30.1 Å². The Labute approximate surface area is 168 Å². The van der Waals surface area contributed by atoms with Crippen molar-refractivity contribution in [1.29, 1.82) is 0 Å². The van der Waals surface area contributed by atoms with Crippen LogP contribution in [0.15, 0.2) is 40.1 Å².